The van der Waals surface area contributed by atoms with Gasteiger partial charge in [0.25, 0.3) is 5.91 Å². The van der Waals surface area contributed by atoms with Crippen molar-refractivity contribution in [1.82, 2.24) is 5.32 Å². The molecule has 0 aliphatic heterocycles. The van der Waals surface area contributed by atoms with Crippen molar-refractivity contribution in [2.75, 3.05) is 13.2 Å². The van der Waals surface area contributed by atoms with Crippen LogP contribution in [0.2, 0.25) is 5.02 Å². The molecular formula is C14H18BrClN2O2. The van der Waals surface area contributed by atoms with Gasteiger partial charge in [0, 0.05) is 10.5 Å². The topological polar surface area (TPSA) is 64.3 Å². The molecule has 1 aromatic rings. The van der Waals surface area contributed by atoms with Crippen LogP contribution in [0.15, 0.2) is 22.7 Å². The Bertz CT molecular complexity index is 484. The summed E-state index contributed by atoms with van der Waals surface area (Å²) in [6.07, 6.45) is 3.19. The monoisotopic (exact) mass is 360 g/mol. The van der Waals surface area contributed by atoms with Crippen molar-refractivity contribution in [3.63, 3.8) is 0 Å². The van der Waals surface area contributed by atoms with Crippen molar-refractivity contribution < 1.29 is 9.53 Å². The van der Waals surface area contributed by atoms with E-state index in [4.69, 9.17) is 22.1 Å². The highest BCUT2D eigenvalue weighted by Crippen LogP contribution is 2.28. The van der Waals surface area contributed by atoms with Crippen LogP contribution in [0.3, 0.4) is 0 Å². The third-order valence-electron chi connectivity index (χ3n) is 3.56. The first-order chi connectivity index (χ1) is 9.60. The first-order valence-electron chi connectivity index (χ1n) is 6.67. The average Bonchev–Trinajstić information content (AvgIpc) is 2.85. The van der Waals surface area contributed by atoms with Crippen LogP contribution in [0.25, 0.3) is 0 Å². The minimum Gasteiger partial charge on any atom is -0.482 e. The number of carbonyl (C=O) groups excluding carboxylic acids is 1. The van der Waals surface area contributed by atoms with Gasteiger partial charge >= 0.3 is 0 Å². The third-order valence-corrected chi connectivity index (χ3v) is 4.35. The number of nitrogens with one attached hydrogen (secondary N) is 1. The fraction of sp³-hybridized carbons (Fsp3) is 0.500. The Balaban J connectivity index is 1.83. The second-order valence-electron chi connectivity index (χ2n) is 4.96. The second kappa shape index (κ2) is 7.29. The lowest BCUT2D eigenvalue weighted by molar-refractivity contribution is -0.124. The van der Waals surface area contributed by atoms with Gasteiger partial charge in [0.15, 0.2) is 6.61 Å². The van der Waals surface area contributed by atoms with E-state index in [0.29, 0.717) is 23.2 Å². The zero-order chi connectivity index (χ0) is 14.5. The van der Waals surface area contributed by atoms with Crippen LogP contribution in [0.1, 0.15) is 19.3 Å². The molecule has 1 amide bonds. The Morgan fingerprint density at radius 3 is 3.00 bits per heavy atom. The van der Waals surface area contributed by atoms with Crippen LogP contribution < -0.4 is 15.8 Å². The molecule has 2 unspecified atom stereocenters. The van der Waals surface area contributed by atoms with E-state index >= 15 is 0 Å². The number of halogens is 2. The van der Waals surface area contributed by atoms with Crippen LogP contribution >= 0.6 is 27.5 Å². The highest BCUT2D eigenvalue weighted by molar-refractivity contribution is 9.10. The molecule has 0 spiro atoms. The first kappa shape index (κ1) is 15.6. The molecule has 2 atom stereocenters. The Kier molecular flexibility index (Phi) is 5.69. The normalized spacial score (nSPS) is 21.8. The number of rotatable bonds is 5. The van der Waals surface area contributed by atoms with Crippen molar-refractivity contribution in [3.05, 3.63) is 27.7 Å². The molecular weight excluding hydrogens is 344 g/mol. The summed E-state index contributed by atoms with van der Waals surface area (Å²) < 4.78 is 6.31. The molecule has 4 nitrogen and oxygen atoms in total. The molecule has 3 N–H and O–H groups in total. The summed E-state index contributed by atoms with van der Waals surface area (Å²) in [6, 6.07) is 5.46. The van der Waals surface area contributed by atoms with E-state index in [1.807, 2.05) is 6.07 Å². The Labute approximate surface area is 132 Å². The Hall–Kier alpha value is -0.780. The van der Waals surface area contributed by atoms with Crippen molar-refractivity contribution in [2.24, 2.45) is 11.7 Å². The summed E-state index contributed by atoms with van der Waals surface area (Å²) in [6.45, 7) is 0.583. The smallest absolute Gasteiger partial charge is 0.258 e. The quantitative estimate of drug-likeness (QED) is 0.847. The van der Waals surface area contributed by atoms with E-state index < -0.39 is 0 Å². The number of carbonyl (C=O) groups is 1. The van der Waals surface area contributed by atoms with Crippen molar-refractivity contribution in [3.8, 4) is 5.75 Å². The minimum atomic E-state index is -0.130. The van der Waals surface area contributed by atoms with E-state index in [-0.39, 0.29) is 18.6 Å². The number of hydrogen-bond donors (Lipinski definition) is 2. The third kappa shape index (κ3) is 4.11. The van der Waals surface area contributed by atoms with Gasteiger partial charge < -0.3 is 15.8 Å². The predicted molar refractivity (Wildman–Crippen MR) is 83.0 cm³/mol. The second-order valence-corrected chi connectivity index (χ2v) is 6.29. The molecule has 6 heteroatoms. The van der Waals surface area contributed by atoms with Crippen LogP contribution in [-0.4, -0.2) is 25.1 Å². The van der Waals surface area contributed by atoms with E-state index in [9.17, 15) is 4.79 Å². The maximum absolute atomic E-state index is 11.9. The highest BCUT2D eigenvalue weighted by Gasteiger charge is 2.27. The van der Waals surface area contributed by atoms with Gasteiger partial charge in [0.2, 0.25) is 0 Å². The number of nitrogens with two attached hydrogens (primary N) is 1. The van der Waals surface area contributed by atoms with Gasteiger partial charge in [-0.25, -0.2) is 0 Å². The zero-order valence-electron chi connectivity index (χ0n) is 11.1. The molecule has 20 heavy (non-hydrogen) atoms. The van der Waals surface area contributed by atoms with Crippen molar-refractivity contribution in [2.45, 2.75) is 25.3 Å². The van der Waals surface area contributed by atoms with E-state index in [1.54, 1.807) is 12.1 Å². The highest BCUT2D eigenvalue weighted by atomic mass is 79.9. The van der Waals surface area contributed by atoms with Crippen molar-refractivity contribution >= 4 is 33.4 Å². The largest absolute Gasteiger partial charge is 0.482 e. The number of ether oxygens (including phenoxy) is 1. The lowest BCUT2D eigenvalue weighted by atomic mass is 10.0. The van der Waals surface area contributed by atoms with E-state index in [0.717, 1.165) is 23.7 Å². The summed E-state index contributed by atoms with van der Waals surface area (Å²) in [7, 11) is 0. The molecule has 1 saturated carbocycles. The standard InChI is InChI=1S/C14H18BrClN2O2/c15-10-4-5-13(11(16)6-10)20-8-14(19)18-12-3-1-2-9(12)7-17/h4-6,9,12H,1-3,7-8,17H2,(H,18,19). The minimum absolute atomic E-state index is 0.0326. The molecule has 2 rings (SSSR count). The van der Waals surface area contributed by atoms with E-state index in [2.05, 4.69) is 21.2 Å². The number of amides is 1. The molecule has 0 radical (unpaired) electrons. The Morgan fingerprint density at radius 1 is 1.50 bits per heavy atom. The molecule has 0 heterocycles. The molecule has 0 bridgehead atoms. The van der Waals surface area contributed by atoms with Crippen molar-refractivity contribution in [1.29, 1.82) is 0 Å². The van der Waals surface area contributed by atoms with Gasteiger partial charge in [-0.2, -0.15) is 0 Å². The zero-order valence-corrected chi connectivity index (χ0v) is 13.4. The van der Waals surface area contributed by atoms with Gasteiger partial charge in [-0.3, -0.25) is 4.79 Å². The number of hydrogen-bond acceptors (Lipinski definition) is 3. The molecule has 1 fully saturated rings. The molecule has 0 aromatic heterocycles. The lowest BCUT2D eigenvalue weighted by Crippen LogP contribution is -2.42. The van der Waals surface area contributed by atoms with Crippen LogP contribution in [-0.2, 0) is 4.79 Å². The average molecular weight is 362 g/mol. The molecule has 1 aliphatic carbocycles. The summed E-state index contributed by atoms with van der Waals surface area (Å²) >= 11 is 9.34. The lowest BCUT2D eigenvalue weighted by Gasteiger charge is -2.19. The van der Waals surface area contributed by atoms with Gasteiger partial charge in [0.05, 0.1) is 5.02 Å². The van der Waals surface area contributed by atoms with E-state index in [1.165, 1.54) is 0 Å². The van der Waals surface area contributed by atoms with Crippen LogP contribution in [0.4, 0.5) is 0 Å². The van der Waals surface area contributed by atoms with Gasteiger partial charge in [-0.1, -0.05) is 34.0 Å². The summed E-state index contributed by atoms with van der Waals surface area (Å²) in [5.74, 6) is 0.761. The number of benzene rings is 1. The Morgan fingerprint density at radius 2 is 2.30 bits per heavy atom. The fourth-order valence-electron chi connectivity index (χ4n) is 2.49. The maximum atomic E-state index is 11.9. The predicted octanol–water partition coefficient (Wildman–Crippen LogP) is 2.72. The summed E-state index contributed by atoms with van der Waals surface area (Å²) in [5, 5.41) is 3.46. The summed E-state index contributed by atoms with van der Waals surface area (Å²) in [5.41, 5.74) is 5.69. The van der Waals surface area contributed by atoms with Gasteiger partial charge in [-0.05, 0) is 43.5 Å². The SMILES string of the molecule is NCC1CCCC1NC(=O)COc1ccc(Br)cc1Cl. The molecule has 1 aliphatic rings. The summed E-state index contributed by atoms with van der Waals surface area (Å²) in [4.78, 5) is 11.9. The molecule has 110 valence electrons. The van der Waals surface area contributed by atoms with Gasteiger partial charge in [-0.15, -0.1) is 0 Å². The fourth-order valence-corrected chi connectivity index (χ4v) is 3.22. The van der Waals surface area contributed by atoms with Crippen LogP contribution in [0, 0.1) is 5.92 Å². The molecule has 1 aromatic carbocycles. The maximum Gasteiger partial charge on any atom is 0.258 e. The van der Waals surface area contributed by atoms with Gasteiger partial charge in [0.1, 0.15) is 5.75 Å². The first-order valence-corrected chi connectivity index (χ1v) is 7.84. The molecule has 0 saturated heterocycles. The van der Waals surface area contributed by atoms with Crippen LogP contribution in [0.5, 0.6) is 5.75 Å².